The number of imidazole rings is 1. The number of rotatable bonds is 4. The number of aromatic nitrogens is 4. The Balaban J connectivity index is 1.42. The van der Waals surface area contributed by atoms with Crippen LogP contribution in [0.4, 0.5) is 5.82 Å². The molecule has 9 nitrogen and oxygen atoms in total. The number of nitrogens with two attached hydrogens (primary N) is 1. The fourth-order valence-corrected chi connectivity index (χ4v) is 5.62. The largest absolute Gasteiger partial charge is 0.461 e. The van der Waals surface area contributed by atoms with Gasteiger partial charge in [0.15, 0.2) is 17.3 Å². The van der Waals surface area contributed by atoms with Crippen molar-refractivity contribution in [3.05, 3.63) is 47.5 Å². The topological polar surface area (TPSA) is 114 Å². The summed E-state index contributed by atoms with van der Waals surface area (Å²) in [7, 11) is 0. The number of anilines is 1. The van der Waals surface area contributed by atoms with E-state index in [1.807, 2.05) is 24.5 Å². The summed E-state index contributed by atoms with van der Waals surface area (Å²) in [5, 5.41) is -0.317. The zero-order valence-corrected chi connectivity index (χ0v) is 18.3. The summed E-state index contributed by atoms with van der Waals surface area (Å²) in [5.41, 5.74) is 7.44. The number of hydrogen-bond acceptors (Lipinski definition) is 9. The molecule has 0 aliphatic carbocycles. The summed E-state index contributed by atoms with van der Waals surface area (Å²) in [5.74, 6) is -0.927. The van der Waals surface area contributed by atoms with Crippen LogP contribution in [0.25, 0.3) is 11.2 Å². The fraction of sp³-hybridized carbons (Fsp3) is 0.400. The van der Waals surface area contributed by atoms with Crippen LogP contribution in [-0.2, 0) is 14.2 Å². The number of nitrogens with zero attached hydrogens (tertiary/aromatic N) is 4. The van der Waals surface area contributed by atoms with Gasteiger partial charge in [0.1, 0.15) is 29.7 Å². The highest BCUT2D eigenvalue weighted by Gasteiger charge is 2.56. The number of halogens is 1. The number of carbonyl (C=O) groups excluding carboxylic acids is 1. The van der Waals surface area contributed by atoms with Crippen molar-refractivity contribution < 1.29 is 19.0 Å². The van der Waals surface area contributed by atoms with Crippen LogP contribution in [-0.4, -0.2) is 55.3 Å². The van der Waals surface area contributed by atoms with Crippen LogP contribution in [0.1, 0.15) is 29.6 Å². The monoisotopic (exact) mass is 461 g/mol. The Morgan fingerprint density at radius 1 is 1.26 bits per heavy atom. The van der Waals surface area contributed by atoms with E-state index in [1.165, 1.54) is 0 Å². The average Bonchev–Trinajstić information content (AvgIpc) is 3.38. The minimum Gasteiger partial charge on any atom is -0.461 e. The van der Waals surface area contributed by atoms with E-state index in [9.17, 15) is 4.79 Å². The first kappa shape index (κ1) is 20.5. The molecule has 162 valence electrons. The normalized spacial score (nSPS) is 26.8. The molecule has 0 saturated carbocycles. The lowest BCUT2D eigenvalue weighted by molar-refractivity contribution is -0.149. The third kappa shape index (κ3) is 3.73. The lowest BCUT2D eigenvalue weighted by atomic mass is 10.1. The minimum absolute atomic E-state index is 0.0450. The molecule has 4 unspecified atom stereocenters. The quantitative estimate of drug-likeness (QED) is 0.462. The van der Waals surface area contributed by atoms with Crippen LogP contribution in [0.2, 0.25) is 5.28 Å². The highest BCUT2D eigenvalue weighted by molar-refractivity contribution is 8.00. The van der Waals surface area contributed by atoms with Crippen molar-refractivity contribution in [3.63, 3.8) is 0 Å². The molecule has 4 heterocycles. The Morgan fingerprint density at radius 2 is 2.00 bits per heavy atom. The Labute approximate surface area is 187 Å². The first-order chi connectivity index (χ1) is 14.8. The highest BCUT2D eigenvalue weighted by atomic mass is 35.5. The van der Waals surface area contributed by atoms with E-state index in [1.54, 1.807) is 42.4 Å². The molecule has 0 radical (unpaired) electrons. The van der Waals surface area contributed by atoms with Gasteiger partial charge in [-0.3, -0.25) is 4.57 Å². The van der Waals surface area contributed by atoms with Gasteiger partial charge in [-0.25, -0.2) is 9.78 Å². The molecule has 0 spiro atoms. The third-order valence-corrected chi connectivity index (χ3v) is 6.91. The van der Waals surface area contributed by atoms with Crippen molar-refractivity contribution in [2.75, 3.05) is 12.3 Å². The van der Waals surface area contributed by atoms with Gasteiger partial charge in [-0.1, -0.05) is 18.2 Å². The minimum atomic E-state index is -0.766. The number of benzene rings is 1. The van der Waals surface area contributed by atoms with E-state index >= 15 is 0 Å². The SMILES string of the molecule is CC1(C)OC2C(COC(=O)c3ccccc3)SC(n3cnc4c(N)nc(Cl)nc43)C2O1. The van der Waals surface area contributed by atoms with Gasteiger partial charge in [-0.15, -0.1) is 11.8 Å². The molecule has 4 atom stereocenters. The molecule has 31 heavy (non-hydrogen) atoms. The van der Waals surface area contributed by atoms with Gasteiger partial charge in [0.25, 0.3) is 0 Å². The number of hydrogen-bond donors (Lipinski definition) is 1. The highest BCUT2D eigenvalue weighted by Crippen LogP contribution is 2.51. The molecule has 3 aromatic rings. The lowest BCUT2D eigenvalue weighted by Gasteiger charge is -2.24. The molecule has 2 aliphatic heterocycles. The van der Waals surface area contributed by atoms with Crippen LogP contribution in [0.5, 0.6) is 0 Å². The zero-order chi connectivity index (χ0) is 21.8. The van der Waals surface area contributed by atoms with Crippen LogP contribution < -0.4 is 5.73 Å². The summed E-state index contributed by atoms with van der Waals surface area (Å²) in [4.78, 5) is 25.0. The molecule has 11 heteroatoms. The third-order valence-electron chi connectivity index (χ3n) is 5.21. The predicted octanol–water partition coefficient (Wildman–Crippen LogP) is 3.05. The van der Waals surface area contributed by atoms with Crippen molar-refractivity contribution in [2.24, 2.45) is 0 Å². The number of esters is 1. The summed E-state index contributed by atoms with van der Waals surface area (Å²) >= 11 is 7.60. The number of fused-ring (bicyclic) bond motifs is 2. The number of ether oxygens (including phenoxy) is 3. The number of carbonyl (C=O) groups is 1. The smallest absolute Gasteiger partial charge is 0.338 e. The zero-order valence-electron chi connectivity index (χ0n) is 16.8. The molecule has 2 fully saturated rings. The Kier molecular flexibility index (Phi) is 5.04. The van der Waals surface area contributed by atoms with Gasteiger partial charge in [0.2, 0.25) is 5.28 Å². The number of nitrogen functional groups attached to an aromatic ring is 1. The molecule has 2 N–H and O–H groups in total. The standard InChI is InChI=1S/C20H20ClN5O4S/c1-20(2)29-13-11(8-28-18(27)10-6-4-3-5-7-10)31-17(14(13)30-20)26-9-23-12-15(22)24-19(21)25-16(12)26/h3-7,9,11,13-14,17H,8H2,1-2H3,(H2,22,24,25). The Hall–Kier alpha value is -2.40. The molecule has 2 aliphatic rings. The first-order valence-corrected chi connectivity index (χ1v) is 11.0. The van der Waals surface area contributed by atoms with Crippen molar-refractivity contribution >= 4 is 46.3 Å². The van der Waals surface area contributed by atoms with Crippen molar-refractivity contribution in [3.8, 4) is 0 Å². The molecular formula is C20H20ClN5O4S. The second-order valence-electron chi connectivity index (χ2n) is 7.80. The van der Waals surface area contributed by atoms with Gasteiger partial charge in [0, 0.05) is 0 Å². The van der Waals surface area contributed by atoms with Crippen molar-refractivity contribution in [1.82, 2.24) is 19.5 Å². The maximum atomic E-state index is 12.4. The summed E-state index contributed by atoms with van der Waals surface area (Å²) in [6, 6.07) is 8.89. The van der Waals surface area contributed by atoms with E-state index in [0.717, 1.165) is 0 Å². The van der Waals surface area contributed by atoms with E-state index in [-0.39, 0.29) is 46.5 Å². The average molecular weight is 462 g/mol. The van der Waals surface area contributed by atoms with E-state index in [2.05, 4.69) is 15.0 Å². The maximum absolute atomic E-state index is 12.4. The second-order valence-corrected chi connectivity index (χ2v) is 9.49. The first-order valence-electron chi connectivity index (χ1n) is 9.71. The van der Waals surface area contributed by atoms with Gasteiger partial charge in [0.05, 0.1) is 17.1 Å². The van der Waals surface area contributed by atoms with E-state index in [0.29, 0.717) is 16.7 Å². The predicted molar refractivity (Wildman–Crippen MR) is 116 cm³/mol. The molecule has 0 bridgehead atoms. The summed E-state index contributed by atoms with van der Waals surface area (Å²) in [6.45, 7) is 3.91. The van der Waals surface area contributed by atoms with Crippen molar-refractivity contribution in [1.29, 1.82) is 0 Å². The van der Waals surface area contributed by atoms with Gasteiger partial charge in [-0.05, 0) is 37.6 Å². The molecule has 2 saturated heterocycles. The van der Waals surface area contributed by atoms with E-state index < -0.39 is 5.79 Å². The van der Waals surface area contributed by atoms with Gasteiger partial charge >= 0.3 is 5.97 Å². The summed E-state index contributed by atoms with van der Waals surface area (Å²) < 4.78 is 19.8. The molecule has 0 amide bonds. The lowest BCUT2D eigenvalue weighted by Crippen LogP contribution is -2.32. The fourth-order valence-electron chi connectivity index (χ4n) is 3.93. The second kappa shape index (κ2) is 7.63. The maximum Gasteiger partial charge on any atom is 0.338 e. The number of thioether (sulfide) groups is 1. The van der Waals surface area contributed by atoms with Crippen LogP contribution in [0.15, 0.2) is 36.7 Å². The molecular weight excluding hydrogens is 442 g/mol. The van der Waals surface area contributed by atoms with E-state index in [4.69, 9.17) is 31.5 Å². The van der Waals surface area contributed by atoms with Crippen molar-refractivity contribution in [2.45, 2.75) is 42.5 Å². The van der Waals surface area contributed by atoms with Gasteiger partial charge in [-0.2, -0.15) is 9.97 Å². The van der Waals surface area contributed by atoms with Crippen LogP contribution >= 0.6 is 23.4 Å². The Bertz CT molecular complexity index is 1140. The van der Waals surface area contributed by atoms with Crippen LogP contribution in [0.3, 0.4) is 0 Å². The molecule has 5 rings (SSSR count). The molecule has 2 aromatic heterocycles. The summed E-state index contributed by atoms with van der Waals surface area (Å²) in [6.07, 6.45) is 1.07. The molecule has 1 aromatic carbocycles. The van der Waals surface area contributed by atoms with Crippen LogP contribution in [0, 0.1) is 0 Å². The Morgan fingerprint density at radius 3 is 2.77 bits per heavy atom. The van der Waals surface area contributed by atoms with Gasteiger partial charge < -0.3 is 19.9 Å².